The van der Waals surface area contributed by atoms with E-state index in [4.69, 9.17) is 4.74 Å². The van der Waals surface area contributed by atoms with Gasteiger partial charge in [-0.25, -0.2) is 13.4 Å². The van der Waals surface area contributed by atoms with E-state index in [1.54, 1.807) is 18.2 Å². The molecule has 1 aromatic heterocycles. The van der Waals surface area contributed by atoms with Crippen molar-refractivity contribution < 1.29 is 17.9 Å². The van der Waals surface area contributed by atoms with Crippen molar-refractivity contribution in [1.82, 2.24) is 18.8 Å². The third kappa shape index (κ3) is 4.53. The predicted octanol–water partition coefficient (Wildman–Crippen LogP) is 2.17. The molecule has 0 aliphatic carbocycles. The van der Waals surface area contributed by atoms with E-state index in [9.17, 15) is 13.2 Å². The number of morpholine rings is 1. The van der Waals surface area contributed by atoms with Gasteiger partial charge in [0.05, 0.1) is 28.1 Å². The fourth-order valence-corrected chi connectivity index (χ4v) is 5.56. The average Bonchev–Trinajstić information content (AvgIpc) is 3.01. The van der Waals surface area contributed by atoms with Crippen LogP contribution < -0.4 is 0 Å². The summed E-state index contributed by atoms with van der Waals surface area (Å²) in [6, 6.07) is 5.04. The van der Waals surface area contributed by atoms with Crippen LogP contribution in [0, 0.1) is 0 Å². The van der Waals surface area contributed by atoms with Gasteiger partial charge in [-0.1, -0.05) is 13.8 Å². The molecule has 0 radical (unpaired) electrons. The lowest BCUT2D eigenvalue weighted by Gasteiger charge is -2.35. The smallest absolute Gasteiger partial charge is 0.243 e. The molecule has 30 heavy (non-hydrogen) atoms. The summed E-state index contributed by atoms with van der Waals surface area (Å²) in [4.78, 5) is 19.4. The maximum atomic E-state index is 12.8. The monoisotopic (exact) mass is 436 g/mol. The van der Waals surface area contributed by atoms with Crippen molar-refractivity contribution in [2.45, 2.75) is 57.6 Å². The first-order valence-electron chi connectivity index (χ1n) is 10.6. The fourth-order valence-electron chi connectivity index (χ4n) is 4.08. The van der Waals surface area contributed by atoms with Crippen molar-refractivity contribution in [3.05, 3.63) is 24.0 Å². The van der Waals surface area contributed by atoms with Crippen molar-refractivity contribution in [2.75, 3.05) is 26.2 Å². The van der Waals surface area contributed by atoms with Crippen LogP contribution in [-0.4, -0.2) is 71.5 Å². The molecule has 1 aliphatic heterocycles. The molecular formula is C21H32N4O4S. The van der Waals surface area contributed by atoms with E-state index < -0.39 is 10.0 Å². The number of amides is 1. The number of hydrogen-bond acceptors (Lipinski definition) is 5. The van der Waals surface area contributed by atoms with Crippen molar-refractivity contribution in [1.29, 1.82) is 0 Å². The average molecular weight is 437 g/mol. The topological polar surface area (TPSA) is 84.7 Å². The van der Waals surface area contributed by atoms with Crippen LogP contribution >= 0.6 is 0 Å². The van der Waals surface area contributed by atoms with E-state index in [0.29, 0.717) is 44.5 Å². The van der Waals surface area contributed by atoms with Crippen LogP contribution in [0.25, 0.3) is 11.0 Å². The summed E-state index contributed by atoms with van der Waals surface area (Å²) in [6.45, 7) is 9.67. The molecule has 2 aromatic rings. The number of fused-ring (bicyclic) bond motifs is 1. The van der Waals surface area contributed by atoms with Crippen molar-refractivity contribution in [3.8, 4) is 0 Å². The maximum absolute atomic E-state index is 12.8. The summed E-state index contributed by atoms with van der Waals surface area (Å²) >= 11 is 0. The highest BCUT2D eigenvalue weighted by atomic mass is 32.2. The summed E-state index contributed by atoms with van der Waals surface area (Å²) in [5, 5.41) is 0. The molecule has 0 bridgehead atoms. The van der Waals surface area contributed by atoms with Gasteiger partial charge in [0.25, 0.3) is 0 Å². The van der Waals surface area contributed by atoms with Crippen LogP contribution in [0.2, 0.25) is 0 Å². The van der Waals surface area contributed by atoms with Crippen LogP contribution in [0.5, 0.6) is 0 Å². The minimum absolute atomic E-state index is 0.0413. The normalized spacial score (nSPS) is 20.3. The molecule has 2 unspecified atom stereocenters. The minimum atomic E-state index is -3.54. The quantitative estimate of drug-likeness (QED) is 0.664. The van der Waals surface area contributed by atoms with Gasteiger partial charge in [-0.2, -0.15) is 4.31 Å². The molecule has 3 rings (SSSR count). The summed E-state index contributed by atoms with van der Waals surface area (Å²) in [7, 11) is -1.64. The lowest BCUT2D eigenvalue weighted by atomic mass is 10.2. The van der Waals surface area contributed by atoms with Crippen molar-refractivity contribution in [3.63, 3.8) is 0 Å². The fraction of sp³-hybridized carbons (Fsp3) is 0.619. The first-order valence-corrected chi connectivity index (χ1v) is 12.0. The summed E-state index contributed by atoms with van der Waals surface area (Å²) in [6.07, 6.45) is 0.947. The number of imidazole rings is 1. The van der Waals surface area contributed by atoms with Gasteiger partial charge in [0, 0.05) is 46.1 Å². The van der Waals surface area contributed by atoms with E-state index in [0.717, 1.165) is 11.3 Å². The Bertz CT molecular complexity index is 1000. The van der Waals surface area contributed by atoms with Crippen LogP contribution in [0.3, 0.4) is 0 Å². The van der Waals surface area contributed by atoms with Gasteiger partial charge in [-0.05, 0) is 32.0 Å². The number of aromatic nitrogens is 2. The molecule has 8 nitrogen and oxygen atoms in total. The van der Waals surface area contributed by atoms with E-state index in [2.05, 4.69) is 4.98 Å². The van der Waals surface area contributed by atoms with Crippen LogP contribution in [0.4, 0.5) is 0 Å². The van der Waals surface area contributed by atoms with Crippen molar-refractivity contribution >= 4 is 27.0 Å². The lowest BCUT2D eigenvalue weighted by molar-refractivity contribution is -0.143. The van der Waals surface area contributed by atoms with Crippen LogP contribution in [-0.2, 0) is 33.0 Å². The number of sulfonamides is 1. The van der Waals surface area contributed by atoms with Gasteiger partial charge < -0.3 is 14.2 Å². The number of ether oxygens (including phenoxy) is 1. The molecule has 1 fully saturated rings. The Morgan fingerprint density at radius 2 is 1.83 bits per heavy atom. The van der Waals surface area contributed by atoms with Gasteiger partial charge in [0.2, 0.25) is 15.9 Å². The molecule has 0 spiro atoms. The number of nitrogens with zero attached hydrogens (tertiary/aromatic N) is 4. The molecule has 0 N–H and O–H groups in total. The van der Waals surface area contributed by atoms with E-state index in [-0.39, 0.29) is 23.0 Å². The second-order valence-electron chi connectivity index (χ2n) is 7.88. The molecule has 9 heteroatoms. The summed E-state index contributed by atoms with van der Waals surface area (Å²) < 4.78 is 34.7. The third-order valence-electron chi connectivity index (χ3n) is 5.62. The highest BCUT2D eigenvalue weighted by molar-refractivity contribution is 7.89. The molecule has 1 aromatic carbocycles. The number of carbonyl (C=O) groups excluding carboxylic acids is 1. The number of carbonyl (C=O) groups is 1. The van der Waals surface area contributed by atoms with Gasteiger partial charge in [-0.15, -0.1) is 0 Å². The Balaban J connectivity index is 1.78. The van der Waals surface area contributed by atoms with Crippen molar-refractivity contribution in [2.24, 2.45) is 7.05 Å². The zero-order chi connectivity index (χ0) is 22.1. The van der Waals surface area contributed by atoms with E-state index >= 15 is 0 Å². The number of hydrogen-bond donors (Lipinski definition) is 0. The van der Waals surface area contributed by atoms with Crippen LogP contribution in [0.15, 0.2) is 23.1 Å². The zero-order valence-corrected chi connectivity index (χ0v) is 19.3. The number of rotatable bonds is 7. The molecule has 2 heterocycles. The van der Waals surface area contributed by atoms with E-state index in [1.165, 1.54) is 4.31 Å². The molecular weight excluding hydrogens is 404 g/mol. The minimum Gasteiger partial charge on any atom is -0.372 e. The SMILES string of the molecule is CCN(CC)S(=O)(=O)c1ccc2c(c1)nc(CCC(=O)N1CC(C)OC(C)C1)n2C. The molecule has 166 valence electrons. The molecule has 1 saturated heterocycles. The zero-order valence-electron chi connectivity index (χ0n) is 18.5. The number of aryl methyl sites for hydroxylation is 2. The Morgan fingerprint density at radius 3 is 2.43 bits per heavy atom. The first-order chi connectivity index (χ1) is 14.2. The third-order valence-corrected chi connectivity index (χ3v) is 7.67. The van der Waals surface area contributed by atoms with E-state index in [1.807, 2.05) is 44.2 Å². The molecule has 1 aliphatic rings. The van der Waals surface area contributed by atoms with Gasteiger partial charge in [0.15, 0.2) is 0 Å². The molecule has 0 saturated carbocycles. The van der Waals surface area contributed by atoms with Crippen LogP contribution in [0.1, 0.15) is 39.9 Å². The predicted molar refractivity (Wildman–Crippen MR) is 116 cm³/mol. The largest absolute Gasteiger partial charge is 0.372 e. The maximum Gasteiger partial charge on any atom is 0.243 e. The Labute approximate surface area is 178 Å². The summed E-state index contributed by atoms with van der Waals surface area (Å²) in [5.41, 5.74) is 1.48. The highest BCUT2D eigenvalue weighted by Crippen LogP contribution is 2.23. The second kappa shape index (κ2) is 9.03. The first kappa shape index (κ1) is 22.7. The Morgan fingerprint density at radius 1 is 1.20 bits per heavy atom. The second-order valence-corrected chi connectivity index (χ2v) is 9.82. The van der Waals surface area contributed by atoms with Gasteiger partial charge in [-0.3, -0.25) is 4.79 Å². The summed E-state index contributed by atoms with van der Waals surface area (Å²) in [5.74, 6) is 0.860. The Hall–Kier alpha value is -1.97. The molecule has 1 amide bonds. The van der Waals surface area contributed by atoms with Gasteiger partial charge in [0.1, 0.15) is 5.82 Å². The number of benzene rings is 1. The molecule has 2 atom stereocenters. The lowest BCUT2D eigenvalue weighted by Crippen LogP contribution is -2.48. The highest BCUT2D eigenvalue weighted by Gasteiger charge is 2.26. The van der Waals surface area contributed by atoms with Gasteiger partial charge >= 0.3 is 0 Å². The standard InChI is InChI=1S/C21H32N4O4S/c1-6-25(7-2)30(27,28)17-8-9-19-18(12-17)22-20(23(19)5)10-11-21(26)24-13-15(3)29-16(4)14-24/h8-9,12,15-16H,6-7,10-11,13-14H2,1-5H3. The Kier molecular flexibility index (Phi) is 6.84.